The van der Waals surface area contributed by atoms with E-state index in [0.717, 1.165) is 0 Å². The number of amides is 2. The number of nitrogens with one attached hydrogen (secondary N) is 3. The summed E-state index contributed by atoms with van der Waals surface area (Å²) < 4.78 is 9.66. The van der Waals surface area contributed by atoms with E-state index in [1.54, 1.807) is 26.0 Å². The van der Waals surface area contributed by atoms with Crippen molar-refractivity contribution in [2.45, 2.75) is 13.8 Å². The molecule has 2 rings (SSSR count). The molecule has 0 aliphatic carbocycles. The minimum Gasteiger partial charge on any atom is -0.465 e. The third kappa shape index (κ3) is 3.65. The monoisotopic (exact) mass is 333 g/mol. The standard InChI is InChI=1S/C16H19N3O5/c1-9-12(16(22)23-3)10(2)19-13(9)15(21)18-7-6-17-14(20)11-5-4-8-24-11/h4-5,8,19H,6-7H2,1-3H3,(H,17,20)(H,18,21). The van der Waals surface area contributed by atoms with E-state index in [2.05, 4.69) is 15.6 Å². The molecule has 0 saturated carbocycles. The Bertz CT molecular complexity index is 746. The highest BCUT2D eigenvalue weighted by Crippen LogP contribution is 2.18. The van der Waals surface area contributed by atoms with Crippen LogP contribution < -0.4 is 10.6 Å². The second-order valence-electron chi connectivity index (χ2n) is 5.11. The van der Waals surface area contributed by atoms with Crippen LogP contribution in [0, 0.1) is 13.8 Å². The summed E-state index contributed by atoms with van der Waals surface area (Å²) in [6.45, 7) is 3.84. The number of aromatic amines is 1. The Balaban J connectivity index is 1.89. The SMILES string of the molecule is COC(=O)c1c(C)[nH]c(C(=O)NCCNC(=O)c2ccco2)c1C. The van der Waals surface area contributed by atoms with Gasteiger partial charge in [0.2, 0.25) is 0 Å². The summed E-state index contributed by atoms with van der Waals surface area (Å²) in [4.78, 5) is 38.4. The lowest BCUT2D eigenvalue weighted by molar-refractivity contribution is 0.0599. The highest BCUT2D eigenvalue weighted by atomic mass is 16.5. The molecule has 0 spiro atoms. The average molecular weight is 333 g/mol. The number of hydrogen-bond acceptors (Lipinski definition) is 5. The normalized spacial score (nSPS) is 10.3. The molecule has 24 heavy (non-hydrogen) atoms. The number of aromatic nitrogens is 1. The van der Waals surface area contributed by atoms with Crippen molar-refractivity contribution in [1.29, 1.82) is 0 Å². The summed E-state index contributed by atoms with van der Waals surface area (Å²) in [5, 5.41) is 5.29. The van der Waals surface area contributed by atoms with Gasteiger partial charge in [0.25, 0.3) is 11.8 Å². The van der Waals surface area contributed by atoms with Gasteiger partial charge in [0.05, 0.1) is 18.9 Å². The molecule has 0 radical (unpaired) electrons. The van der Waals surface area contributed by atoms with Gasteiger partial charge in [-0.2, -0.15) is 0 Å². The molecule has 128 valence electrons. The maximum atomic E-state index is 12.2. The predicted octanol–water partition coefficient (Wildman–Crippen LogP) is 1.17. The lowest BCUT2D eigenvalue weighted by atomic mass is 10.1. The Morgan fingerprint density at radius 1 is 1.17 bits per heavy atom. The van der Waals surface area contributed by atoms with Crippen LogP contribution >= 0.6 is 0 Å². The third-order valence-electron chi connectivity index (χ3n) is 3.50. The number of esters is 1. The predicted molar refractivity (Wildman–Crippen MR) is 85.0 cm³/mol. The number of carbonyl (C=O) groups excluding carboxylic acids is 3. The van der Waals surface area contributed by atoms with Crippen molar-refractivity contribution in [2.75, 3.05) is 20.2 Å². The zero-order valence-electron chi connectivity index (χ0n) is 13.7. The smallest absolute Gasteiger partial charge is 0.339 e. The van der Waals surface area contributed by atoms with Crippen molar-refractivity contribution >= 4 is 17.8 Å². The molecule has 8 heteroatoms. The lowest BCUT2D eigenvalue weighted by Crippen LogP contribution is -2.35. The highest BCUT2D eigenvalue weighted by Gasteiger charge is 2.22. The Morgan fingerprint density at radius 2 is 1.83 bits per heavy atom. The van der Waals surface area contributed by atoms with Crippen LogP contribution in [0.15, 0.2) is 22.8 Å². The molecule has 0 unspecified atom stereocenters. The van der Waals surface area contributed by atoms with Gasteiger partial charge in [-0.15, -0.1) is 0 Å². The molecule has 3 N–H and O–H groups in total. The van der Waals surface area contributed by atoms with E-state index >= 15 is 0 Å². The second-order valence-corrected chi connectivity index (χ2v) is 5.11. The first kappa shape index (κ1) is 17.3. The van der Waals surface area contributed by atoms with E-state index in [-0.39, 0.29) is 30.7 Å². The number of hydrogen-bond donors (Lipinski definition) is 3. The fourth-order valence-electron chi connectivity index (χ4n) is 2.32. The summed E-state index contributed by atoms with van der Waals surface area (Å²) in [6.07, 6.45) is 1.41. The molecule has 2 aromatic rings. The van der Waals surface area contributed by atoms with Crippen molar-refractivity contribution in [3.63, 3.8) is 0 Å². The maximum Gasteiger partial charge on any atom is 0.339 e. The lowest BCUT2D eigenvalue weighted by Gasteiger charge is -2.06. The van der Waals surface area contributed by atoms with Crippen molar-refractivity contribution in [2.24, 2.45) is 0 Å². The highest BCUT2D eigenvalue weighted by molar-refractivity contribution is 6.00. The molecule has 0 saturated heterocycles. The van der Waals surface area contributed by atoms with Gasteiger partial charge in [-0.1, -0.05) is 0 Å². The minimum atomic E-state index is -0.494. The number of carbonyl (C=O) groups is 3. The molecule has 8 nitrogen and oxygen atoms in total. The topological polar surface area (TPSA) is 113 Å². The van der Waals surface area contributed by atoms with Gasteiger partial charge in [0.15, 0.2) is 5.76 Å². The minimum absolute atomic E-state index is 0.208. The number of aryl methyl sites for hydroxylation is 1. The van der Waals surface area contributed by atoms with E-state index in [1.165, 1.54) is 13.4 Å². The van der Waals surface area contributed by atoms with Gasteiger partial charge in [0, 0.05) is 18.8 Å². The fourth-order valence-corrected chi connectivity index (χ4v) is 2.32. The molecule has 0 aliphatic rings. The first-order chi connectivity index (χ1) is 11.5. The van der Waals surface area contributed by atoms with E-state index in [0.29, 0.717) is 22.5 Å². The molecule has 2 amide bonds. The average Bonchev–Trinajstić information content (AvgIpc) is 3.19. The molecule has 0 bridgehead atoms. The summed E-state index contributed by atoms with van der Waals surface area (Å²) in [5.41, 5.74) is 1.74. The van der Waals surface area contributed by atoms with Crippen molar-refractivity contribution in [3.05, 3.63) is 46.7 Å². The van der Waals surface area contributed by atoms with E-state index in [4.69, 9.17) is 9.15 Å². The van der Waals surface area contributed by atoms with Crippen molar-refractivity contribution in [3.8, 4) is 0 Å². The maximum absolute atomic E-state index is 12.2. The Hall–Kier alpha value is -3.03. The zero-order chi connectivity index (χ0) is 17.7. The van der Waals surface area contributed by atoms with Crippen LogP contribution in [0.25, 0.3) is 0 Å². The molecular formula is C16H19N3O5. The molecule has 0 fully saturated rings. The number of rotatable bonds is 6. The second kappa shape index (κ2) is 7.49. The van der Waals surface area contributed by atoms with Gasteiger partial charge >= 0.3 is 5.97 Å². The summed E-state index contributed by atoms with van der Waals surface area (Å²) in [7, 11) is 1.29. The number of H-pyrrole nitrogens is 1. The largest absolute Gasteiger partial charge is 0.465 e. The molecule has 2 heterocycles. The quantitative estimate of drug-likeness (QED) is 0.542. The number of methoxy groups -OCH3 is 1. The van der Waals surface area contributed by atoms with Crippen LogP contribution in [0.3, 0.4) is 0 Å². The molecule has 0 atom stereocenters. The van der Waals surface area contributed by atoms with Gasteiger partial charge in [0.1, 0.15) is 5.69 Å². The summed E-state index contributed by atoms with van der Waals surface area (Å²) >= 11 is 0. The number of ether oxygens (including phenoxy) is 1. The van der Waals surface area contributed by atoms with Crippen LogP contribution in [-0.4, -0.2) is 43.0 Å². The van der Waals surface area contributed by atoms with Crippen LogP contribution in [0.1, 0.15) is 42.7 Å². The molecule has 0 aliphatic heterocycles. The van der Waals surface area contributed by atoms with Crippen molar-refractivity contribution in [1.82, 2.24) is 15.6 Å². The Morgan fingerprint density at radius 3 is 2.42 bits per heavy atom. The molecule has 0 aromatic carbocycles. The zero-order valence-corrected chi connectivity index (χ0v) is 13.7. The van der Waals surface area contributed by atoms with Gasteiger partial charge in [-0.25, -0.2) is 4.79 Å². The van der Waals surface area contributed by atoms with Crippen LogP contribution in [0.5, 0.6) is 0 Å². The van der Waals surface area contributed by atoms with Crippen LogP contribution in [0.2, 0.25) is 0 Å². The van der Waals surface area contributed by atoms with E-state index < -0.39 is 5.97 Å². The van der Waals surface area contributed by atoms with Gasteiger partial charge in [-0.05, 0) is 31.5 Å². The van der Waals surface area contributed by atoms with Crippen LogP contribution in [-0.2, 0) is 4.74 Å². The van der Waals surface area contributed by atoms with Crippen LogP contribution in [0.4, 0.5) is 0 Å². The fraction of sp³-hybridized carbons (Fsp3) is 0.312. The van der Waals surface area contributed by atoms with Gasteiger partial charge in [-0.3, -0.25) is 9.59 Å². The third-order valence-corrected chi connectivity index (χ3v) is 3.50. The molecular weight excluding hydrogens is 314 g/mol. The first-order valence-electron chi connectivity index (χ1n) is 7.33. The molecule has 2 aromatic heterocycles. The Labute approximate surface area is 138 Å². The summed E-state index contributed by atoms with van der Waals surface area (Å²) in [6, 6.07) is 3.17. The van der Waals surface area contributed by atoms with Crippen molar-refractivity contribution < 1.29 is 23.5 Å². The van der Waals surface area contributed by atoms with Gasteiger partial charge < -0.3 is 24.8 Å². The number of furan rings is 1. The summed E-state index contributed by atoms with van der Waals surface area (Å²) in [5.74, 6) is -1.00. The van der Waals surface area contributed by atoms with E-state index in [1.807, 2.05) is 0 Å². The first-order valence-corrected chi connectivity index (χ1v) is 7.33. The van der Waals surface area contributed by atoms with E-state index in [9.17, 15) is 14.4 Å². The Kier molecular flexibility index (Phi) is 5.41.